The molecular weight excluding hydrogens is 330 g/mol. The van der Waals surface area contributed by atoms with Crippen molar-refractivity contribution in [2.45, 2.75) is 18.5 Å². The number of aromatic nitrogens is 2. The number of halogens is 1. The number of benzene rings is 1. The molecule has 0 aliphatic carbocycles. The molecule has 0 spiro atoms. The second-order valence-corrected chi connectivity index (χ2v) is 6.36. The van der Waals surface area contributed by atoms with E-state index in [0.29, 0.717) is 10.6 Å². The molecule has 0 saturated carbocycles. The van der Waals surface area contributed by atoms with Gasteiger partial charge >= 0.3 is 5.97 Å². The zero-order valence-corrected chi connectivity index (χ0v) is 13.2. The standard InChI is InChI=1S/C13H14ClN3O4S/c1-2-21-13(18)10-8-15-17-12(10)22(19,20)16-7-9-5-3-4-6-11(9)14/h3-6,8,16H,2,7H2,1H3,(H,15,17). The Hall–Kier alpha value is -1.90. The first-order valence-corrected chi connectivity index (χ1v) is 8.25. The predicted molar refractivity (Wildman–Crippen MR) is 80.0 cm³/mol. The lowest BCUT2D eigenvalue weighted by atomic mass is 10.2. The molecule has 1 aromatic heterocycles. The van der Waals surface area contributed by atoms with Gasteiger partial charge in [-0.3, -0.25) is 5.10 Å². The number of nitrogens with zero attached hydrogens (tertiary/aromatic N) is 1. The van der Waals surface area contributed by atoms with Crippen molar-refractivity contribution < 1.29 is 17.9 Å². The quantitative estimate of drug-likeness (QED) is 0.778. The van der Waals surface area contributed by atoms with Gasteiger partial charge < -0.3 is 4.74 Å². The summed E-state index contributed by atoms with van der Waals surface area (Å²) in [6, 6.07) is 6.85. The number of esters is 1. The SMILES string of the molecule is CCOC(=O)c1cn[nH]c1S(=O)(=O)NCc1ccccc1Cl. The number of rotatable bonds is 6. The van der Waals surface area contributed by atoms with E-state index in [0.717, 1.165) is 6.20 Å². The molecule has 0 saturated heterocycles. The lowest BCUT2D eigenvalue weighted by Crippen LogP contribution is -2.25. The normalized spacial score (nSPS) is 11.4. The fourth-order valence-electron chi connectivity index (χ4n) is 1.72. The molecule has 7 nitrogen and oxygen atoms in total. The summed E-state index contributed by atoms with van der Waals surface area (Å²) in [6.45, 7) is 1.75. The third-order valence-electron chi connectivity index (χ3n) is 2.78. The molecule has 0 unspecified atom stereocenters. The van der Waals surface area contributed by atoms with Crippen LogP contribution in [0.15, 0.2) is 35.5 Å². The van der Waals surface area contributed by atoms with Gasteiger partial charge in [-0.15, -0.1) is 0 Å². The molecule has 22 heavy (non-hydrogen) atoms. The average molecular weight is 344 g/mol. The molecule has 0 fully saturated rings. The summed E-state index contributed by atoms with van der Waals surface area (Å²) < 4.78 is 31.7. The molecule has 0 radical (unpaired) electrons. The van der Waals surface area contributed by atoms with Crippen molar-refractivity contribution in [3.05, 3.63) is 46.6 Å². The number of aromatic amines is 1. The van der Waals surface area contributed by atoms with Crippen LogP contribution >= 0.6 is 11.6 Å². The average Bonchev–Trinajstić information content (AvgIpc) is 2.97. The van der Waals surface area contributed by atoms with Crippen LogP contribution in [0.5, 0.6) is 0 Å². The van der Waals surface area contributed by atoms with Crippen LogP contribution in [0.3, 0.4) is 0 Å². The first-order valence-electron chi connectivity index (χ1n) is 6.39. The molecule has 0 aliphatic heterocycles. The van der Waals surface area contributed by atoms with Crippen LogP contribution in [-0.4, -0.2) is 31.2 Å². The van der Waals surface area contributed by atoms with Crippen LogP contribution in [0.1, 0.15) is 22.8 Å². The number of H-pyrrole nitrogens is 1. The van der Waals surface area contributed by atoms with Crippen LogP contribution in [0.25, 0.3) is 0 Å². The summed E-state index contributed by atoms with van der Waals surface area (Å²) in [4.78, 5) is 11.7. The molecule has 118 valence electrons. The zero-order chi connectivity index (χ0) is 16.2. The minimum Gasteiger partial charge on any atom is -0.462 e. The monoisotopic (exact) mass is 343 g/mol. The van der Waals surface area contributed by atoms with Crippen molar-refractivity contribution in [1.29, 1.82) is 0 Å². The summed E-state index contributed by atoms with van der Waals surface area (Å²) in [5, 5.41) is 6.00. The van der Waals surface area contributed by atoms with Gasteiger partial charge in [-0.25, -0.2) is 17.9 Å². The summed E-state index contributed by atoms with van der Waals surface area (Å²) in [5.41, 5.74) is 0.471. The Morgan fingerprint density at radius 1 is 1.41 bits per heavy atom. The Morgan fingerprint density at radius 2 is 2.14 bits per heavy atom. The Labute approximate surface area is 132 Å². The summed E-state index contributed by atoms with van der Waals surface area (Å²) in [6.07, 6.45) is 1.11. The van der Waals surface area contributed by atoms with Crippen molar-refractivity contribution in [3.63, 3.8) is 0 Å². The molecule has 1 heterocycles. The third kappa shape index (κ3) is 3.65. The van der Waals surface area contributed by atoms with Crippen LogP contribution in [0.2, 0.25) is 5.02 Å². The van der Waals surface area contributed by atoms with E-state index in [1.165, 1.54) is 0 Å². The minimum absolute atomic E-state index is 0.0106. The molecule has 1 aromatic carbocycles. The molecule has 9 heteroatoms. The van der Waals surface area contributed by atoms with Crippen molar-refractivity contribution >= 4 is 27.6 Å². The first-order chi connectivity index (χ1) is 10.5. The van der Waals surface area contributed by atoms with E-state index in [9.17, 15) is 13.2 Å². The zero-order valence-electron chi connectivity index (χ0n) is 11.7. The third-order valence-corrected chi connectivity index (χ3v) is 4.52. The number of carbonyl (C=O) groups is 1. The Kier molecular flexibility index (Phi) is 5.17. The van der Waals surface area contributed by atoms with E-state index >= 15 is 0 Å². The minimum atomic E-state index is -3.95. The highest BCUT2D eigenvalue weighted by molar-refractivity contribution is 7.89. The highest BCUT2D eigenvalue weighted by Crippen LogP contribution is 2.17. The largest absolute Gasteiger partial charge is 0.462 e. The maximum absolute atomic E-state index is 12.3. The second-order valence-electron chi connectivity index (χ2n) is 4.25. The Bertz CT molecular complexity index is 773. The molecule has 0 aliphatic rings. The number of sulfonamides is 1. The van der Waals surface area contributed by atoms with Gasteiger partial charge in [0.2, 0.25) is 0 Å². The summed E-state index contributed by atoms with van der Waals surface area (Å²) in [5.74, 6) is -0.755. The van der Waals surface area contributed by atoms with Crippen LogP contribution in [0, 0.1) is 0 Å². The van der Waals surface area contributed by atoms with Crippen molar-refractivity contribution in [3.8, 4) is 0 Å². The predicted octanol–water partition coefficient (Wildman–Crippen LogP) is 1.72. The number of hydrogen-bond donors (Lipinski definition) is 2. The van der Waals surface area contributed by atoms with Gasteiger partial charge in [-0.05, 0) is 18.6 Å². The van der Waals surface area contributed by atoms with E-state index in [4.69, 9.17) is 16.3 Å². The molecule has 2 rings (SSSR count). The highest BCUT2D eigenvalue weighted by Gasteiger charge is 2.25. The number of ether oxygens (including phenoxy) is 1. The summed E-state index contributed by atoms with van der Waals surface area (Å²) in [7, 11) is -3.95. The van der Waals surface area contributed by atoms with E-state index in [-0.39, 0.29) is 23.7 Å². The summed E-state index contributed by atoms with van der Waals surface area (Å²) >= 11 is 5.97. The fourth-order valence-corrected chi connectivity index (χ4v) is 3.01. The van der Waals surface area contributed by atoms with Crippen LogP contribution in [0.4, 0.5) is 0 Å². The molecule has 2 N–H and O–H groups in total. The first kappa shape index (κ1) is 16.5. The van der Waals surface area contributed by atoms with Gasteiger partial charge in [0.05, 0.1) is 12.8 Å². The molecular formula is C13H14ClN3O4S. The van der Waals surface area contributed by atoms with Gasteiger partial charge in [-0.2, -0.15) is 5.10 Å². The Balaban J connectivity index is 2.20. The maximum atomic E-state index is 12.3. The lowest BCUT2D eigenvalue weighted by Gasteiger charge is -2.08. The number of carbonyl (C=O) groups excluding carboxylic acids is 1. The van der Waals surface area contributed by atoms with Crippen molar-refractivity contribution in [1.82, 2.24) is 14.9 Å². The molecule has 2 aromatic rings. The van der Waals surface area contributed by atoms with Crippen molar-refractivity contribution in [2.75, 3.05) is 6.61 Å². The van der Waals surface area contributed by atoms with E-state index in [2.05, 4.69) is 14.9 Å². The van der Waals surface area contributed by atoms with Crippen molar-refractivity contribution in [2.24, 2.45) is 0 Å². The van der Waals surface area contributed by atoms with Gasteiger partial charge in [0.1, 0.15) is 5.56 Å². The van der Waals surface area contributed by atoms with E-state index in [1.54, 1.807) is 31.2 Å². The second kappa shape index (κ2) is 6.91. The highest BCUT2D eigenvalue weighted by atomic mass is 35.5. The topological polar surface area (TPSA) is 101 Å². The van der Waals surface area contributed by atoms with Gasteiger partial charge in [0.25, 0.3) is 10.0 Å². The molecule has 0 amide bonds. The van der Waals surface area contributed by atoms with Gasteiger partial charge in [0, 0.05) is 11.6 Å². The van der Waals surface area contributed by atoms with E-state index < -0.39 is 16.0 Å². The van der Waals surface area contributed by atoms with Crippen LogP contribution in [-0.2, 0) is 21.3 Å². The van der Waals surface area contributed by atoms with Crippen LogP contribution < -0.4 is 4.72 Å². The molecule has 0 atom stereocenters. The molecule has 0 bridgehead atoms. The van der Waals surface area contributed by atoms with Gasteiger partial charge in [0.15, 0.2) is 5.03 Å². The number of hydrogen-bond acceptors (Lipinski definition) is 5. The smallest absolute Gasteiger partial charge is 0.342 e. The number of nitrogens with one attached hydrogen (secondary N) is 2. The fraction of sp³-hybridized carbons (Fsp3) is 0.231. The Morgan fingerprint density at radius 3 is 2.82 bits per heavy atom. The van der Waals surface area contributed by atoms with E-state index in [1.807, 2.05) is 0 Å². The van der Waals surface area contributed by atoms with Gasteiger partial charge in [-0.1, -0.05) is 29.8 Å². The lowest BCUT2D eigenvalue weighted by molar-refractivity contribution is 0.0522. The maximum Gasteiger partial charge on any atom is 0.342 e.